The molecular weight excluding hydrogens is 364 g/mol. The van der Waals surface area contributed by atoms with Gasteiger partial charge in [0.25, 0.3) is 5.92 Å². The van der Waals surface area contributed by atoms with Gasteiger partial charge in [-0.3, -0.25) is 4.72 Å². The van der Waals surface area contributed by atoms with Gasteiger partial charge in [0.2, 0.25) is 20.0 Å². The second-order valence-corrected chi connectivity index (χ2v) is 8.79. The number of sulfonamides is 2. The molecule has 0 aliphatic rings. The summed E-state index contributed by atoms with van der Waals surface area (Å²) < 4.78 is 77.4. The number of halogens is 2. The minimum atomic E-state index is -4.14. The topological polar surface area (TPSA) is 118 Å². The normalized spacial score (nSPS) is 13.0. The number of nitrogens with two attached hydrogens (primary N) is 1. The Morgan fingerprint density at radius 3 is 2.21 bits per heavy atom. The number of unbranched alkanes of at least 4 members (excludes halogenated alkanes) is 1. The van der Waals surface area contributed by atoms with Gasteiger partial charge in [0.1, 0.15) is 0 Å². The van der Waals surface area contributed by atoms with Crippen molar-refractivity contribution in [3.05, 3.63) is 24.3 Å². The van der Waals surface area contributed by atoms with Crippen LogP contribution in [0.4, 0.5) is 14.5 Å². The number of hydrogen-bond donors (Lipinski definition) is 3. The van der Waals surface area contributed by atoms with Crippen LogP contribution >= 0.6 is 0 Å². The highest BCUT2D eigenvalue weighted by atomic mass is 32.2. The van der Waals surface area contributed by atoms with Gasteiger partial charge in [0.05, 0.1) is 23.7 Å². The molecule has 0 spiro atoms. The first kappa shape index (κ1) is 20.7. The van der Waals surface area contributed by atoms with Crippen LogP contribution in [-0.2, 0) is 20.0 Å². The number of anilines is 1. The van der Waals surface area contributed by atoms with Crippen molar-refractivity contribution < 1.29 is 25.6 Å². The Morgan fingerprint density at radius 2 is 1.71 bits per heavy atom. The van der Waals surface area contributed by atoms with Crippen molar-refractivity contribution in [2.45, 2.75) is 30.6 Å². The smallest absolute Gasteiger partial charge is 0.273 e. The van der Waals surface area contributed by atoms with Crippen LogP contribution < -0.4 is 15.2 Å². The van der Waals surface area contributed by atoms with E-state index in [0.29, 0.717) is 6.42 Å². The second kappa shape index (κ2) is 8.19. The number of rotatable bonds is 10. The third kappa shape index (κ3) is 6.67. The van der Waals surface area contributed by atoms with Gasteiger partial charge in [-0.2, -0.15) is 0 Å². The Balaban J connectivity index is 2.80. The van der Waals surface area contributed by atoms with Crippen LogP contribution in [0.15, 0.2) is 29.2 Å². The third-order valence-corrected chi connectivity index (χ3v) is 5.81. The molecule has 1 rings (SSSR count). The molecule has 0 saturated heterocycles. The molecule has 1 aromatic carbocycles. The molecular formula is C13H21F2N3O4S2. The average molecular weight is 385 g/mol. The zero-order valence-electron chi connectivity index (χ0n) is 13.1. The maximum absolute atomic E-state index is 13.0. The molecule has 0 aromatic heterocycles. The number of hydrogen-bond acceptors (Lipinski definition) is 5. The van der Waals surface area contributed by atoms with Crippen LogP contribution in [0.1, 0.15) is 19.8 Å². The largest absolute Gasteiger partial charge is 0.325 e. The van der Waals surface area contributed by atoms with Gasteiger partial charge in [-0.25, -0.2) is 30.3 Å². The van der Waals surface area contributed by atoms with E-state index < -0.39 is 39.1 Å². The fraction of sp³-hybridized carbons (Fsp3) is 0.538. The molecule has 11 heteroatoms. The lowest BCUT2D eigenvalue weighted by atomic mass is 10.3. The summed E-state index contributed by atoms with van der Waals surface area (Å²) in [6.07, 6.45) is 1.22. The molecule has 24 heavy (non-hydrogen) atoms. The Kier molecular flexibility index (Phi) is 7.08. The Hall–Kier alpha value is -1.30. The van der Waals surface area contributed by atoms with Crippen molar-refractivity contribution in [2.24, 2.45) is 5.73 Å². The molecule has 0 amide bonds. The molecule has 0 fully saturated rings. The summed E-state index contributed by atoms with van der Waals surface area (Å²) in [5.41, 5.74) is 5.03. The van der Waals surface area contributed by atoms with Crippen molar-refractivity contribution in [3.63, 3.8) is 0 Å². The zero-order chi connectivity index (χ0) is 18.4. The van der Waals surface area contributed by atoms with Crippen molar-refractivity contribution in [2.75, 3.05) is 23.6 Å². The predicted molar refractivity (Wildman–Crippen MR) is 87.9 cm³/mol. The lowest BCUT2D eigenvalue weighted by Crippen LogP contribution is -2.41. The Labute approximate surface area is 140 Å². The summed E-state index contributed by atoms with van der Waals surface area (Å²) in [5.74, 6) is -3.39. The number of nitrogens with one attached hydrogen (secondary N) is 2. The maximum atomic E-state index is 13.0. The van der Waals surface area contributed by atoms with Crippen LogP contribution in [-0.4, -0.2) is 41.6 Å². The molecule has 4 N–H and O–H groups in total. The van der Waals surface area contributed by atoms with Crippen LogP contribution in [0.5, 0.6) is 0 Å². The van der Waals surface area contributed by atoms with E-state index in [-0.39, 0.29) is 16.3 Å². The summed E-state index contributed by atoms with van der Waals surface area (Å²) in [5, 5.41) is 0. The molecule has 0 aliphatic carbocycles. The van der Waals surface area contributed by atoms with E-state index in [1.807, 2.05) is 6.92 Å². The van der Waals surface area contributed by atoms with Crippen LogP contribution in [0.3, 0.4) is 0 Å². The highest BCUT2D eigenvalue weighted by Crippen LogP contribution is 2.17. The van der Waals surface area contributed by atoms with Gasteiger partial charge in [-0.05, 0) is 30.7 Å². The lowest BCUT2D eigenvalue weighted by molar-refractivity contribution is 0.0170. The van der Waals surface area contributed by atoms with E-state index in [1.165, 1.54) is 12.1 Å². The minimum Gasteiger partial charge on any atom is -0.325 e. The van der Waals surface area contributed by atoms with Gasteiger partial charge < -0.3 is 5.73 Å². The second-order valence-electron chi connectivity index (χ2n) is 5.18. The lowest BCUT2D eigenvalue weighted by Gasteiger charge is -2.15. The van der Waals surface area contributed by atoms with Crippen molar-refractivity contribution >= 4 is 25.7 Å². The Bertz CT molecular complexity index is 735. The number of benzene rings is 1. The maximum Gasteiger partial charge on any atom is 0.273 e. The van der Waals surface area contributed by atoms with Gasteiger partial charge in [-0.15, -0.1) is 0 Å². The van der Waals surface area contributed by atoms with Gasteiger partial charge in [0, 0.05) is 5.69 Å². The molecule has 7 nitrogen and oxygen atoms in total. The van der Waals surface area contributed by atoms with Gasteiger partial charge in [-0.1, -0.05) is 13.3 Å². The summed E-state index contributed by atoms with van der Waals surface area (Å²) in [7, 11) is -7.65. The van der Waals surface area contributed by atoms with E-state index in [1.54, 1.807) is 4.72 Å². The van der Waals surface area contributed by atoms with E-state index in [2.05, 4.69) is 4.72 Å². The molecule has 0 saturated carbocycles. The van der Waals surface area contributed by atoms with E-state index >= 15 is 0 Å². The quantitative estimate of drug-likeness (QED) is 0.557. The van der Waals surface area contributed by atoms with E-state index in [9.17, 15) is 25.6 Å². The van der Waals surface area contributed by atoms with E-state index in [4.69, 9.17) is 5.73 Å². The molecule has 0 radical (unpaired) electrons. The SMILES string of the molecule is CCCCS(=O)(=O)Nc1ccc(S(=O)(=O)NCC(F)(F)CN)cc1. The molecule has 1 aromatic rings. The summed E-state index contributed by atoms with van der Waals surface area (Å²) in [6, 6.07) is 4.75. The van der Waals surface area contributed by atoms with Crippen molar-refractivity contribution in [3.8, 4) is 0 Å². The minimum absolute atomic E-state index is 0.0424. The zero-order valence-corrected chi connectivity index (χ0v) is 14.8. The first-order valence-electron chi connectivity index (χ1n) is 7.19. The highest BCUT2D eigenvalue weighted by molar-refractivity contribution is 7.92. The Morgan fingerprint density at radius 1 is 1.12 bits per heavy atom. The van der Waals surface area contributed by atoms with Gasteiger partial charge >= 0.3 is 0 Å². The van der Waals surface area contributed by atoms with Crippen LogP contribution in [0, 0.1) is 0 Å². The standard InChI is InChI=1S/C13H21F2N3O4S2/c1-2-3-8-23(19,20)18-11-4-6-12(7-5-11)24(21,22)17-10-13(14,15)9-16/h4-7,17-18H,2-3,8-10,16H2,1H3. The summed E-state index contributed by atoms with van der Waals surface area (Å²) >= 11 is 0. The molecule has 0 heterocycles. The van der Waals surface area contributed by atoms with Crippen molar-refractivity contribution in [1.29, 1.82) is 0 Å². The summed E-state index contributed by atoms with van der Waals surface area (Å²) in [4.78, 5) is -0.258. The highest BCUT2D eigenvalue weighted by Gasteiger charge is 2.29. The number of alkyl halides is 2. The first-order chi connectivity index (χ1) is 11.0. The fourth-order valence-electron chi connectivity index (χ4n) is 1.62. The fourth-order valence-corrected chi connectivity index (χ4v) is 3.95. The van der Waals surface area contributed by atoms with Crippen molar-refractivity contribution in [1.82, 2.24) is 4.72 Å². The molecule has 0 atom stereocenters. The van der Waals surface area contributed by atoms with E-state index in [0.717, 1.165) is 18.6 Å². The van der Waals surface area contributed by atoms with Gasteiger partial charge in [0.15, 0.2) is 0 Å². The monoisotopic (exact) mass is 385 g/mol. The molecule has 0 unspecified atom stereocenters. The third-order valence-electron chi connectivity index (χ3n) is 3.02. The molecule has 0 aliphatic heterocycles. The van der Waals surface area contributed by atoms with Crippen LogP contribution in [0.25, 0.3) is 0 Å². The average Bonchev–Trinajstić information content (AvgIpc) is 2.51. The molecule has 138 valence electrons. The summed E-state index contributed by atoms with van der Waals surface area (Å²) in [6.45, 7) is -0.235. The van der Waals surface area contributed by atoms with Crippen LogP contribution in [0.2, 0.25) is 0 Å². The molecule has 0 bridgehead atoms. The predicted octanol–water partition coefficient (Wildman–Crippen LogP) is 1.10. The first-order valence-corrected chi connectivity index (χ1v) is 10.3.